The van der Waals surface area contributed by atoms with Gasteiger partial charge in [0.05, 0.1) is 0 Å². The van der Waals surface area contributed by atoms with Gasteiger partial charge in [0.25, 0.3) is 0 Å². The maximum absolute atomic E-state index is 10.9. The number of carbonyl (C=O) groups is 1. The molecule has 154 valence electrons. The lowest BCUT2D eigenvalue weighted by atomic mass is 10.0. The average molecular weight is 366 g/mol. The first-order valence-corrected chi connectivity index (χ1v) is 11.6. The Labute approximate surface area is 164 Å². The van der Waals surface area contributed by atoms with Crippen molar-refractivity contribution in [2.75, 3.05) is 0 Å². The number of amides is 1. The molecule has 0 saturated carbocycles. The predicted octanol–water partition coefficient (Wildman–Crippen LogP) is 7.85. The fourth-order valence-corrected chi connectivity index (χ4v) is 3.47. The van der Waals surface area contributed by atoms with Crippen LogP contribution in [0.3, 0.4) is 0 Å². The van der Waals surface area contributed by atoms with Gasteiger partial charge in [0.1, 0.15) is 0 Å². The molecule has 0 aliphatic heterocycles. The van der Waals surface area contributed by atoms with Crippen molar-refractivity contribution in [3.05, 3.63) is 11.6 Å². The van der Waals surface area contributed by atoms with Crippen molar-refractivity contribution in [2.24, 2.45) is 5.73 Å². The third-order valence-electron chi connectivity index (χ3n) is 5.40. The predicted molar refractivity (Wildman–Crippen MR) is 116 cm³/mol. The van der Waals surface area contributed by atoms with Crippen molar-refractivity contribution in [1.82, 2.24) is 0 Å². The van der Waals surface area contributed by atoms with E-state index in [2.05, 4.69) is 6.92 Å². The third-order valence-corrected chi connectivity index (χ3v) is 5.40. The second-order valence-corrected chi connectivity index (χ2v) is 8.05. The molecule has 0 bridgehead atoms. The smallest absolute Gasteiger partial charge is 0.244 e. The van der Waals surface area contributed by atoms with E-state index in [4.69, 9.17) is 5.73 Å². The Bertz CT molecular complexity index is 335. The molecule has 0 aromatic heterocycles. The fourth-order valence-electron chi connectivity index (χ4n) is 3.47. The Balaban J connectivity index is 3.09. The highest BCUT2D eigenvalue weighted by Crippen LogP contribution is 2.14. The molecular weight excluding hydrogens is 318 g/mol. The molecule has 1 amide bonds. The molecule has 2 nitrogen and oxygen atoms in total. The molecule has 26 heavy (non-hydrogen) atoms. The number of rotatable bonds is 20. The van der Waals surface area contributed by atoms with Crippen molar-refractivity contribution in [2.45, 2.75) is 136 Å². The highest BCUT2D eigenvalue weighted by atomic mass is 16.1. The molecule has 2 heteroatoms. The van der Waals surface area contributed by atoms with E-state index in [9.17, 15) is 4.79 Å². The van der Waals surface area contributed by atoms with Crippen LogP contribution in [0, 0.1) is 0 Å². The van der Waals surface area contributed by atoms with E-state index >= 15 is 0 Å². The van der Waals surface area contributed by atoms with Gasteiger partial charge >= 0.3 is 0 Å². The van der Waals surface area contributed by atoms with Gasteiger partial charge in [0.2, 0.25) is 5.91 Å². The number of nitrogens with two attached hydrogens (primary N) is 1. The summed E-state index contributed by atoms with van der Waals surface area (Å²) in [6.45, 7) is 4.09. The van der Waals surface area contributed by atoms with E-state index < -0.39 is 0 Å². The van der Waals surface area contributed by atoms with E-state index in [-0.39, 0.29) is 5.91 Å². The second kappa shape index (κ2) is 20.5. The molecule has 0 aromatic rings. The molecule has 0 heterocycles. The zero-order valence-electron chi connectivity index (χ0n) is 18.0. The van der Waals surface area contributed by atoms with Crippen LogP contribution in [0.4, 0.5) is 0 Å². The first kappa shape index (κ1) is 25.2. The maximum Gasteiger partial charge on any atom is 0.244 e. The van der Waals surface area contributed by atoms with Gasteiger partial charge in [-0.1, -0.05) is 122 Å². The summed E-state index contributed by atoms with van der Waals surface area (Å²) >= 11 is 0. The highest BCUT2D eigenvalue weighted by molar-refractivity contribution is 5.91. The minimum atomic E-state index is -0.285. The van der Waals surface area contributed by atoms with Gasteiger partial charge < -0.3 is 5.73 Å². The molecule has 0 rings (SSSR count). The van der Waals surface area contributed by atoms with Crippen molar-refractivity contribution in [3.63, 3.8) is 0 Å². The topological polar surface area (TPSA) is 43.1 Å². The normalized spacial score (nSPS) is 11.8. The third kappa shape index (κ3) is 19.5. The van der Waals surface area contributed by atoms with Gasteiger partial charge in [0.15, 0.2) is 0 Å². The Morgan fingerprint density at radius 3 is 1.23 bits per heavy atom. The molecule has 0 spiro atoms. The van der Waals surface area contributed by atoms with Gasteiger partial charge in [-0.15, -0.1) is 0 Å². The highest BCUT2D eigenvalue weighted by Gasteiger charge is 1.96. The van der Waals surface area contributed by atoms with Crippen molar-refractivity contribution >= 4 is 5.91 Å². The van der Waals surface area contributed by atoms with Crippen molar-refractivity contribution in [1.29, 1.82) is 0 Å². The lowest BCUT2D eigenvalue weighted by molar-refractivity contribution is -0.114. The summed E-state index contributed by atoms with van der Waals surface area (Å²) in [6.07, 6.45) is 28.2. The van der Waals surface area contributed by atoms with Crippen LogP contribution < -0.4 is 5.73 Å². The van der Waals surface area contributed by atoms with Crippen LogP contribution in [0.25, 0.3) is 0 Å². The summed E-state index contributed by atoms with van der Waals surface area (Å²) in [7, 11) is 0. The van der Waals surface area contributed by atoms with E-state index in [0.717, 1.165) is 6.42 Å². The largest absolute Gasteiger partial charge is 0.366 e. The van der Waals surface area contributed by atoms with E-state index in [1.54, 1.807) is 6.92 Å². The average Bonchev–Trinajstić information content (AvgIpc) is 2.63. The minimum Gasteiger partial charge on any atom is -0.366 e. The van der Waals surface area contributed by atoms with Crippen LogP contribution in [0.15, 0.2) is 11.6 Å². The van der Waals surface area contributed by atoms with Crippen LogP contribution in [0.2, 0.25) is 0 Å². The number of carbonyl (C=O) groups excluding carboxylic acids is 1. The minimum absolute atomic E-state index is 0.285. The molecule has 2 N–H and O–H groups in total. The number of hydrogen-bond acceptors (Lipinski definition) is 1. The molecule has 0 fully saturated rings. The van der Waals surface area contributed by atoms with Gasteiger partial charge in [-0.3, -0.25) is 4.79 Å². The molecule has 0 aromatic carbocycles. The SMILES string of the molecule is CCCCCCCCCCCCCCCCCCCC/C=C(\C)C(N)=O. The van der Waals surface area contributed by atoms with Crippen LogP contribution >= 0.6 is 0 Å². The molecule has 0 atom stereocenters. The van der Waals surface area contributed by atoms with Gasteiger partial charge in [0, 0.05) is 5.57 Å². The molecule has 0 saturated heterocycles. The van der Waals surface area contributed by atoms with E-state index in [0.29, 0.717) is 5.57 Å². The van der Waals surface area contributed by atoms with Crippen LogP contribution in [-0.2, 0) is 4.79 Å². The first-order valence-electron chi connectivity index (χ1n) is 11.6. The fraction of sp³-hybridized carbons (Fsp3) is 0.875. The Morgan fingerprint density at radius 1 is 0.615 bits per heavy atom. The van der Waals surface area contributed by atoms with Gasteiger partial charge in [-0.2, -0.15) is 0 Å². The molecule has 0 radical (unpaired) electrons. The summed E-state index contributed by atoms with van der Waals surface area (Å²) < 4.78 is 0. The number of hydrogen-bond donors (Lipinski definition) is 1. The van der Waals surface area contributed by atoms with Crippen LogP contribution in [0.5, 0.6) is 0 Å². The lowest BCUT2D eigenvalue weighted by Gasteiger charge is -2.03. The number of allylic oxidation sites excluding steroid dienone is 1. The summed E-state index contributed by atoms with van der Waals surface area (Å²) in [4.78, 5) is 10.9. The van der Waals surface area contributed by atoms with Gasteiger partial charge in [-0.25, -0.2) is 0 Å². The zero-order chi connectivity index (χ0) is 19.3. The summed E-state index contributed by atoms with van der Waals surface area (Å²) in [5.41, 5.74) is 5.92. The zero-order valence-corrected chi connectivity index (χ0v) is 18.0. The Hall–Kier alpha value is -0.790. The van der Waals surface area contributed by atoms with E-state index in [1.807, 2.05) is 6.08 Å². The summed E-state index contributed by atoms with van der Waals surface area (Å²) in [5.74, 6) is -0.285. The standard InChI is InChI=1S/C24H47NO/c1-3-4-5-6-7-8-9-10-11-12-13-14-15-16-17-18-19-20-21-22-23(2)24(25)26/h22H,3-21H2,1-2H3,(H2,25,26)/b23-22+. The Morgan fingerprint density at radius 2 is 0.923 bits per heavy atom. The maximum atomic E-state index is 10.9. The van der Waals surface area contributed by atoms with Crippen molar-refractivity contribution in [3.8, 4) is 0 Å². The molecule has 0 aliphatic carbocycles. The number of primary amides is 1. The molecule has 0 aliphatic rings. The molecule has 0 unspecified atom stereocenters. The Kier molecular flexibility index (Phi) is 19.9. The monoisotopic (exact) mass is 365 g/mol. The van der Waals surface area contributed by atoms with Crippen LogP contribution in [0.1, 0.15) is 136 Å². The quantitative estimate of drug-likeness (QED) is 0.173. The first-order chi connectivity index (χ1) is 12.7. The van der Waals surface area contributed by atoms with Crippen molar-refractivity contribution < 1.29 is 4.79 Å². The second-order valence-electron chi connectivity index (χ2n) is 8.05. The van der Waals surface area contributed by atoms with Gasteiger partial charge in [-0.05, 0) is 19.8 Å². The number of unbranched alkanes of at least 4 members (excludes halogenated alkanes) is 18. The van der Waals surface area contributed by atoms with E-state index in [1.165, 1.54) is 116 Å². The lowest BCUT2D eigenvalue weighted by Crippen LogP contribution is -2.11. The van der Waals surface area contributed by atoms with Crippen LogP contribution in [-0.4, -0.2) is 5.91 Å². The summed E-state index contributed by atoms with van der Waals surface area (Å²) in [6, 6.07) is 0. The summed E-state index contributed by atoms with van der Waals surface area (Å²) in [5, 5.41) is 0. The molecular formula is C24H47NO.